The van der Waals surface area contributed by atoms with Crippen LogP contribution in [-0.4, -0.2) is 12.4 Å². The van der Waals surface area contributed by atoms with Gasteiger partial charge in [-0.3, -0.25) is 4.79 Å². The molecule has 0 fully saturated rings. The van der Waals surface area contributed by atoms with Gasteiger partial charge in [-0.1, -0.05) is 18.5 Å². The van der Waals surface area contributed by atoms with E-state index in [9.17, 15) is 4.79 Å². The molecule has 2 N–H and O–H groups in total. The summed E-state index contributed by atoms with van der Waals surface area (Å²) in [7, 11) is 0. The lowest BCUT2D eigenvalue weighted by molar-refractivity contribution is 0.103. The Morgan fingerprint density at radius 1 is 1.29 bits per heavy atom. The van der Waals surface area contributed by atoms with Crippen molar-refractivity contribution in [2.24, 2.45) is 0 Å². The minimum Gasteiger partial charge on any atom is -0.492 e. The number of nitrogen functional groups attached to an aromatic ring is 1. The fourth-order valence-electron chi connectivity index (χ4n) is 1.85. The van der Waals surface area contributed by atoms with E-state index < -0.39 is 0 Å². The highest BCUT2D eigenvalue weighted by atomic mass is 79.9. The van der Waals surface area contributed by atoms with Crippen LogP contribution in [0, 0.1) is 0 Å². The molecule has 3 nitrogen and oxygen atoms in total. The quantitative estimate of drug-likeness (QED) is 0.614. The third kappa shape index (κ3) is 3.77. The summed E-state index contributed by atoms with van der Waals surface area (Å²) in [6.45, 7) is 2.67. The topological polar surface area (TPSA) is 52.3 Å². The predicted molar refractivity (Wildman–Crippen MR) is 89.2 cm³/mol. The van der Waals surface area contributed by atoms with Gasteiger partial charge >= 0.3 is 0 Å². The molecule has 0 unspecified atom stereocenters. The molecule has 0 spiro atoms. The molecular formula is C16H15BrClNO2. The molecule has 2 rings (SSSR count). The van der Waals surface area contributed by atoms with E-state index >= 15 is 0 Å². The summed E-state index contributed by atoms with van der Waals surface area (Å²) >= 11 is 9.34. The summed E-state index contributed by atoms with van der Waals surface area (Å²) in [5, 5.41) is 0.481. The molecule has 21 heavy (non-hydrogen) atoms. The van der Waals surface area contributed by atoms with Gasteiger partial charge in [-0.25, -0.2) is 0 Å². The van der Waals surface area contributed by atoms with E-state index in [1.165, 1.54) is 0 Å². The first kappa shape index (κ1) is 15.9. The van der Waals surface area contributed by atoms with E-state index in [0.717, 1.165) is 10.9 Å². The van der Waals surface area contributed by atoms with Gasteiger partial charge in [-0.15, -0.1) is 0 Å². The Balaban J connectivity index is 2.31. The highest BCUT2D eigenvalue weighted by Gasteiger charge is 2.14. The number of benzene rings is 2. The van der Waals surface area contributed by atoms with E-state index in [1.54, 1.807) is 36.4 Å². The highest BCUT2D eigenvalue weighted by Crippen LogP contribution is 2.28. The fourth-order valence-corrected chi connectivity index (χ4v) is 2.52. The van der Waals surface area contributed by atoms with Crippen molar-refractivity contribution in [1.82, 2.24) is 0 Å². The van der Waals surface area contributed by atoms with Gasteiger partial charge in [-0.05, 0) is 58.7 Å². The van der Waals surface area contributed by atoms with Gasteiger partial charge in [0.1, 0.15) is 5.75 Å². The van der Waals surface area contributed by atoms with Crippen LogP contribution in [0.15, 0.2) is 40.9 Å². The van der Waals surface area contributed by atoms with Crippen LogP contribution >= 0.6 is 27.5 Å². The predicted octanol–water partition coefficient (Wildman–Crippen LogP) is 4.70. The third-order valence-electron chi connectivity index (χ3n) is 2.92. The Morgan fingerprint density at radius 2 is 2.05 bits per heavy atom. The number of ether oxygens (including phenoxy) is 1. The number of rotatable bonds is 5. The van der Waals surface area contributed by atoms with E-state index in [2.05, 4.69) is 15.9 Å². The van der Waals surface area contributed by atoms with Crippen LogP contribution in [0.25, 0.3) is 0 Å². The van der Waals surface area contributed by atoms with Crippen molar-refractivity contribution in [3.05, 3.63) is 57.0 Å². The zero-order valence-corrected chi connectivity index (χ0v) is 13.9. The molecule has 0 aliphatic heterocycles. The first-order valence-electron chi connectivity index (χ1n) is 6.55. The standard InChI is InChI=1S/C16H15BrClNO2/c1-2-7-21-15-6-3-10(8-13(15)17)16(20)12-9-11(18)4-5-14(12)19/h3-6,8-9H,2,7,19H2,1H3. The Kier molecular flexibility index (Phi) is 5.26. The van der Waals surface area contributed by atoms with E-state index in [4.69, 9.17) is 22.1 Å². The number of ketones is 1. The Hall–Kier alpha value is -1.52. The number of carbonyl (C=O) groups excluding carboxylic acids is 1. The second-order valence-corrected chi connectivity index (χ2v) is 5.85. The van der Waals surface area contributed by atoms with Gasteiger partial charge in [0.25, 0.3) is 0 Å². The second-order valence-electron chi connectivity index (χ2n) is 4.55. The number of hydrogen-bond donors (Lipinski definition) is 1. The highest BCUT2D eigenvalue weighted by molar-refractivity contribution is 9.10. The summed E-state index contributed by atoms with van der Waals surface area (Å²) in [5.74, 6) is 0.546. The van der Waals surface area contributed by atoms with Crippen LogP contribution in [0.3, 0.4) is 0 Å². The van der Waals surface area contributed by atoms with Crippen molar-refractivity contribution in [3.8, 4) is 5.75 Å². The summed E-state index contributed by atoms with van der Waals surface area (Å²) in [4.78, 5) is 12.5. The Labute approximate surface area is 137 Å². The van der Waals surface area contributed by atoms with Gasteiger partial charge in [0.15, 0.2) is 5.78 Å². The normalized spacial score (nSPS) is 10.4. The lowest BCUT2D eigenvalue weighted by Crippen LogP contribution is -2.06. The van der Waals surface area contributed by atoms with Crippen molar-refractivity contribution in [1.29, 1.82) is 0 Å². The maximum atomic E-state index is 12.5. The summed E-state index contributed by atoms with van der Waals surface area (Å²) < 4.78 is 6.30. The maximum Gasteiger partial charge on any atom is 0.195 e. The largest absolute Gasteiger partial charge is 0.492 e. The van der Waals surface area contributed by atoms with Crippen LogP contribution in [0.2, 0.25) is 5.02 Å². The first-order valence-corrected chi connectivity index (χ1v) is 7.72. The molecular weight excluding hydrogens is 354 g/mol. The minimum atomic E-state index is -0.169. The smallest absolute Gasteiger partial charge is 0.195 e. The molecule has 0 saturated heterocycles. The zero-order valence-electron chi connectivity index (χ0n) is 11.5. The van der Waals surface area contributed by atoms with Crippen molar-refractivity contribution < 1.29 is 9.53 Å². The summed E-state index contributed by atoms with van der Waals surface area (Å²) in [6, 6.07) is 10.1. The lowest BCUT2D eigenvalue weighted by Gasteiger charge is -2.09. The monoisotopic (exact) mass is 367 g/mol. The van der Waals surface area contributed by atoms with Gasteiger partial charge in [-0.2, -0.15) is 0 Å². The molecule has 110 valence electrons. The summed E-state index contributed by atoms with van der Waals surface area (Å²) in [5.41, 5.74) is 7.18. The molecule has 2 aromatic rings. The average molecular weight is 369 g/mol. The second kappa shape index (κ2) is 6.96. The van der Waals surface area contributed by atoms with Gasteiger partial charge in [0, 0.05) is 21.8 Å². The molecule has 0 aromatic heterocycles. The lowest BCUT2D eigenvalue weighted by atomic mass is 10.0. The number of anilines is 1. The third-order valence-corrected chi connectivity index (χ3v) is 3.77. The number of carbonyl (C=O) groups is 1. The Morgan fingerprint density at radius 3 is 2.71 bits per heavy atom. The summed E-state index contributed by atoms with van der Waals surface area (Å²) in [6.07, 6.45) is 0.923. The molecule has 0 amide bonds. The SMILES string of the molecule is CCCOc1ccc(C(=O)c2cc(Cl)ccc2N)cc1Br. The minimum absolute atomic E-state index is 0.169. The molecule has 0 saturated carbocycles. The molecule has 0 heterocycles. The Bertz CT molecular complexity index is 673. The van der Waals surface area contributed by atoms with Crippen molar-refractivity contribution in [2.45, 2.75) is 13.3 Å². The van der Waals surface area contributed by atoms with Gasteiger partial charge in [0.2, 0.25) is 0 Å². The molecule has 0 bridgehead atoms. The van der Waals surface area contributed by atoms with Crippen molar-refractivity contribution in [2.75, 3.05) is 12.3 Å². The van der Waals surface area contributed by atoms with Gasteiger partial charge < -0.3 is 10.5 Å². The molecule has 0 radical (unpaired) electrons. The van der Waals surface area contributed by atoms with Crippen LogP contribution in [0.5, 0.6) is 5.75 Å². The number of hydrogen-bond acceptors (Lipinski definition) is 3. The average Bonchev–Trinajstić information content (AvgIpc) is 2.47. The van der Waals surface area contributed by atoms with Gasteiger partial charge in [0.05, 0.1) is 11.1 Å². The number of nitrogens with two attached hydrogens (primary N) is 1. The van der Waals surface area contributed by atoms with E-state index in [0.29, 0.717) is 34.2 Å². The van der Waals surface area contributed by atoms with Crippen molar-refractivity contribution in [3.63, 3.8) is 0 Å². The molecule has 0 aliphatic rings. The molecule has 2 aromatic carbocycles. The number of halogens is 2. The molecule has 0 aliphatic carbocycles. The van der Waals surface area contributed by atoms with Crippen LogP contribution in [-0.2, 0) is 0 Å². The molecule has 5 heteroatoms. The van der Waals surface area contributed by atoms with Crippen LogP contribution in [0.4, 0.5) is 5.69 Å². The first-order chi connectivity index (χ1) is 10.0. The van der Waals surface area contributed by atoms with Crippen LogP contribution in [0.1, 0.15) is 29.3 Å². The van der Waals surface area contributed by atoms with Crippen molar-refractivity contribution >= 4 is 39.0 Å². The fraction of sp³-hybridized carbons (Fsp3) is 0.188. The van der Waals surface area contributed by atoms with E-state index in [-0.39, 0.29) is 5.78 Å². The molecule has 0 atom stereocenters. The van der Waals surface area contributed by atoms with Crippen LogP contribution < -0.4 is 10.5 Å². The zero-order chi connectivity index (χ0) is 15.4. The van der Waals surface area contributed by atoms with E-state index in [1.807, 2.05) is 6.92 Å². The maximum absolute atomic E-state index is 12.5.